The number of aryl methyl sites for hydroxylation is 1. The van der Waals surface area contributed by atoms with Crippen LogP contribution in [-0.2, 0) is 23.1 Å². The molecule has 1 saturated heterocycles. The Morgan fingerprint density at radius 2 is 2.03 bits per heavy atom. The maximum Gasteiger partial charge on any atom is 0.243 e. The van der Waals surface area contributed by atoms with E-state index in [0.29, 0.717) is 43.0 Å². The largest absolute Gasteiger partial charge is 0.357 e. The zero-order chi connectivity index (χ0) is 21.6. The van der Waals surface area contributed by atoms with E-state index in [0.717, 1.165) is 30.0 Å². The Labute approximate surface area is 206 Å². The van der Waals surface area contributed by atoms with E-state index in [1.807, 2.05) is 32.2 Å². The maximum absolute atomic E-state index is 12.9. The van der Waals surface area contributed by atoms with E-state index in [4.69, 9.17) is 0 Å². The van der Waals surface area contributed by atoms with Gasteiger partial charge in [0.15, 0.2) is 5.96 Å². The summed E-state index contributed by atoms with van der Waals surface area (Å²) >= 11 is 1.66. The predicted molar refractivity (Wildman–Crippen MR) is 138 cm³/mol. The number of piperidine rings is 1. The average molecular weight is 578 g/mol. The molecular weight excluding hydrogens is 545 g/mol. The molecule has 0 saturated carbocycles. The highest BCUT2D eigenvalue weighted by atomic mass is 127. The van der Waals surface area contributed by atoms with Crippen LogP contribution in [0.5, 0.6) is 0 Å². The molecule has 1 unspecified atom stereocenters. The molecule has 0 bridgehead atoms. The normalized spacial score (nSPS) is 17.8. The lowest BCUT2D eigenvalue weighted by atomic mass is 10.0. The first-order valence-electron chi connectivity index (χ1n) is 10.4. The van der Waals surface area contributed by atoms with Crippen molar-refractivity contribution in [1.29, 1.82) is 0 Å². The molecule has 10 heteroatoms. The van der Waals surface area contributed by atoms with Gasteiger partial charge in [0.1, 0.15) is 5.01 Å². The van der Waals surface area contributed by atoms with Gasteiger partial charge < -0.3 is 10.6 Å². The molecule has 0 radical (unpaired) electrons. The van der Waals surface area contributed by atoms with Crippen LogP contribution in [0, 0.1) is 12.8 Å². The highest BCUT2D eigenvalue weighted by molar-refractivity contribution is 14.0. The first-order chi connectivity index (χ1) is 14.4. The van der Waals surface area contributed by atoms with E-state index in [-0.39, 0.29) is 24.0 Å². The monoisotopic (exact) mass is 577 g/mol. The number of halogens is 1. The third-order valence-electron chi connectivity index (χ3n) is 5.02. The topological polar surface area (TPSA) is 86.7 Å². The van der Waals surface area contributed by atoms with Crippen molar-refractivity contribution in [2.75, 3.05) is 19.6 Å². The van der Waals surface area contributed by atoms with Gasteiger partial charge in [-0.1, -0.05) is 19.1 Å². The minimum absolute atomic E-state index is 0. The van der Waals surface area contributed by atoms with Gasteiger partial charge in [0.25, 0.3) is 0 Å². The summed E-state index contributed by atoms with van der Waals surface area (Å²) < 4.78 is 27.4. The zero-order valence-corrected chi connectivity index (χ0v) is 22.3. The SMILES string of the molecule is CCNC(=NCc1ccc(S(=O)(=O)N2CCCC(C)C2)cc1)NCc1ncc(C)s1.I. The molecule has 172 valence electrons. The number of sulfonamides is 1. The Kier molecular flexibility index (Phi) is 10.2. The van der Waals surface area contributed by atoms with E-state index in [1.54, 1.807) is 27.8 Å². The Hall–Kier alpha value is -1.24. The van der Waals surface area contributed by atoms with Gasteiger partial charge in [0.2, 0.25) is 10.0 Å². The van der Waals surface area contributed by atoms with E-state index in [2.05, 4.69) is 27.5 Å². The quantitative estimate of drug-likeness (QED) is 0.298. The lowest BCUT2D eigenvalue weighted by molar-refractivity contribution is 0.281. The fourth-order valence-electron chi connectivity index (χ4n) is 3.44. The maximum atomic E-state index is 12.9. The molecule has 1 aliphatic heterocycles. The fraction of sp³-hybridized carbons (Fsp3) is 0.524. The van der Waals surface area contributed by atoms with Gasteiger partial charge >= 0.3 is 0 Å². The number of hydrogen-bond donors (Lipinski definition) is 2. The number of rotatable bonds is 7. The Balaban J connectivity index is 0.00000341. The Morgan fingerprint density at radius 3 is 2.65 bits per heavy atom. The second-order valence-electron chi connectivity index (χ2n) is 7.67. The Bertz CT molecular complexity index is 960. The number of thiazole rings is 1. The number of benzene rings is 1. The van der Waals surface area contributed by atoms with Crippen LogP contribution in [0.4, 0.5) is 0 Å². The molecule has 0 aliphatic carbocycles. The van der Waals surface area contributed by atoms with Gasteiger partial charge in [0, 0.05) is 30.7 Å². The van der Waals surface area contributed by atoms with Crippen molar-refractivity contribution in [2.24, 2.45) is 10.9 Å². The first-order valence-corrected chi connectivity index (χ1v) is 12.7. The smallest absolute Gasteiger partial charge is 0.243 e. The van der Waals surface area contributed by atoms with Crippen molar-refractivity contribution in [3.8, 4) is 0 Å². The van der Waals surface area contributed by atoms with Crippen molar-refractivity contribution in [2.45, 2.75) is 51.6 Å². The first kappa shape index (κ1) is 26.0. The molecule has 7 nitrogen and oxygen atoms in total. The van der Waals surface area contributed by atoms with Crippen LogP contribution in [0.1, 0.15) is 42.1 Å². The molecule has 1 atom stereocenters. The van der Waals surface area contributed by atoms with Gasteiger partial charge in [-0.3, -0.25) is 0 Å². The molecule has 2 N–H and O–H groups in total. The summed E-state index contributed by atoms with van der Waals surface area (Å²) in [5, 5.41) is 7.53. The Morgan fingerprint density at radius 1 is 1.29 bits per heavy atom. The standard InChI is InChI=1S/C21H31N5O2S2.HI/c1-4-22-21(25-14-20-23-12-17(3)29-20)24-13-18-7-9-19(10-8-18)30(27,28)26-11-5-6-16(2)15-26;/h7-10,12,16H,4-6,11,13-15H2,1-3H3,(H2,22,24,25);1H. The van der Waals surface area contributed by atoms with Gasteiger partial charge in [-0.25, -0.2) is 18.4 Å². The average Bonchev–Trinajstić information content (AvgIpc) is 3.15. The second-order valence-corrected chi connectivity index (χ2v) is 10.9. The second kappa shape index (κ2) is 12.1. The molecule has 2 heterocycles. The third-order valence-corrected chi connectivity index (χ3v) is 7.81. The van der Waals surface area contributed by atoms with Crippen LogP contribution < -0.4 is 10.6 Å². The highest BCUT2D eigenvalue weighted by Crippen LogP contribution is 2.23. The van der Waals surface area contributed by atoms with Crippen LogP contribution in [0.3, 0.4) is 0 Å². The number of nitrogens with zero attached hydrogens (tertiary/aromatic N) is 3. The summed E-state index contributed by atoms with van der Waals surface area (Å²) in [5.41, 5.74) is 0.961. The number of aromatic nitrogens is 1. The van der Waals surface area contributed by atoms with Gasteiger partial charge in [-0.2, -0.15) is 4.31 Å². The zero-order valence-electron chi connectivity index (χ0n) is 18.3. The molecular formula is C21H32IN5O2S2. The summed E-state index contributed by atoms with van der Waals surface area (Å²) in [6.07, 6.45) is 3.88. The molecule has 1 aromatic carbocycles. The molecule has 1 fully saturated rings. The van der Waals surface area contributed by atoms with Crippen LogP contribution >= 0.6 is 35.3 Å². The number of nitrogens with one attached hydrogen (secondary N) is 2. The predicted octanol–water partition coefficient (Wildman–Crippen LogP) is 3.75. The molecule has 3 rings (SSSR count). The van der Waals surface area contributed by atoms with Crippen LogP contribution in [0.25, 0.3) is 0 Å². The lowest BCUT2D eigenvalue weighted by Gasteiger charge is -2.30. The molecule has 0 amide bonds. The van der Waals surface area contributed by atoms with Gasteiger partial charge in [0.05, 0.1) is 18.0 Å². The van der Waals surface area contributed by atoms with Gasteiger partial charge in [-0.05, 0) is 50.3 Å². The summed E-state index contributed by atoms with van der Waals surface area (Å²) in [6, 6.07) is 7.07. The van der Waals surface area contributed by atoms with E-state index in [1.165, 1.54) is 4.88 Å². The summed E-state index contributed by atoms with van der Waals surface area (Å²) in [4.78, 5) is 10.5. The van der Waals surface area contributed by atoms with Gasteiger partial charge in [-0.15, -0.1) is 35.3 Å². The van der Waals surface area contributed by atoms with Crippen LogP contribution in [-0.4, -0.2) is 43.3 Å². The molecule has 1 aromatic heterocycles. The minimum Gasteiger partial charge on any atom is -0.357 e. The summed E-state index contributed by atoms with van der Waals surface area (Å²) in [5.74, 6) is 1.12. The lowest BCUT2D eigenvalue weighted by Crippen LogP contribution is -2.39. The summed E-state index contributed by atoms with van der Waals surface area (Å²) in [7, 11) is -3.42. The molecule has 31 heavy (non-hydrogen) atoms. The van der Waals surface area contributed by atoms with Crippen molar-refractivity contribution < 1.29 is 8.42 Å². The number of hydrogen-bond acceptors (Lipinski definition) is 5. The molecule has 0 spiro atoms. The van der Waals surface area contributed by atoms with Crippen molar-refractivity contribution >= 4 is 51.3 Å². The van der Waals surface area contributed by atoms with Crippen LogP contribution in [0.15, 0.2) is 40.4 Å². The van der Waals surface area contributed by atoms with Crippen molar-refractivity contribution in [1.82, 2.24) is 19.9 Å². The summed E-state index contributed by atoms with van der Waals surface area (Å²) in [6.45, 7) is 9.22. The molecule has 2 aromatic rings. The number of aliphatic imine (C=N–C) groups is 1. The van der Waals surface area contributed by atoms with E-state index >= 15 is 0 Å². The number of guanidine groups is 1. The third kappa shape index (κ3) is 7.40. The van der Waals surface area contributed by atoms with Crippen LogP contribution in [0.2, 0.25) is 0 Å². The van der Waals surface area contributed by atoms with E-state index < -0.39 is 10.0 Å². The minimum atomic E-state index is -3.42. The van der Waals surface area contributed by atoms with Crippen molar-refractivity contribution in [3.63, 3.8) is 0 Å². The molecule has 1 aliphatic rings. The fourth-order valence-corrected chi connectivity index (χ4v) is 5.76. The van der Waals surface area contributed by atoms with Crippen molar-refractivity contribution in [3.05, 3.63) is 45.9 Å². The highest BCUT2D eigenvalue weighted by Gasteiger charge is 2.28. The van der Waals surface area contributed by atoms with E-state index in [9.17, 15) is 8.42 Å².